The number of benzene rings is 2. The monoisotopic (exact) mass is 315 g/mol. The topological polar surface area (TPSA) is 80.4 Å². The zero-order valence-electron chi connectivity index (χ0n) is 11.5. The highest BCUT2D eigenvalue weighted by molar-refractivity contribution is 7.98. The average molecular weight is 315 g/mol. The summed E-state index contributed by atoms with van der Waals surface area (Å²) in [5.74, 6) is -0.461. The summed E-state index contributed by atoms with van der Waals surface area (Å²) in [5, 5.41) is 19.8. The first-order valence-corrected chi connectivity index (χ1v) is 7.41. The number of nitro benzene ring substituents is 1. The largest absolute Gasteiger partial charge is 0.478 e. The summed E-state index contributed by atoms with van der Waals surface area (Å²) < 4.78 is 0. The molecule has 2 aromatic rings. The average Bonchev–Trinajstić information content (AvgIpc) is 2.52. The van der Waals surface area contributed by atoms with Crippen LogP contribution in [-0.2, 0) is 10.5 Å². The molecule has 0 amide bonds. The number of hydrogen-bond acceptors (Lipinski definition) is 4. The van der Waals surface area contributed by atoms with E-state index >= 15 is 0 Å². The lowest BCUT2D eigenvalue weighted by atomic mass is 10.2. The molecule has 0 aliphatic heterocycles. The maximum absolute atomic E-state index is 11.2. The summed E-state index contributed by atoms with van der Waals surface area (Å²) >= 11 is 1.38. The van der Waals surface area contributed by atoms with Gasteiger partial charge in [0.25, 0.3) is 5.69 Å². The second-order valence-electron chi connectivity index (χ2n) is 4.43. The molecule has 0 saturated heterocycles. The maximum Gasteiger partial charge on any atom is 0.328 e. The van der Waals surface area contributed by atoms with Gasteiger partial charge in [0.2, 0.25) is 0 Å². The molecule has 0 saturated carbocycles. The van der Waals surface area contributed by atoms with Crippen LogP contribution < -0.4 is 0 Å². The fourth-order valence-electron chi connectivity index (χ4n) is 1.81. The van der Waals surface area contributed by atoms with Gasteiger partial charge in [-0.25, -0.2) is 4.79 Å². The fraction of sp³-hybridized carbons (Fsp3) is 0.0625. The molecule has 0 spiro atoms. The van der Waals surface area contributed by atoms with Crippen LogP contribution in [0.4, 0.5) is 5.69 Å². The van der Waals surface area contributed by atoms with Crippen LogP contribution in [0.1, 0.15) is 11.1 Å². The molecule has 112 valence electrons. The lowest BCUT2D eigenvalue weighted by Gasteiger charge is -2.04. The third-order valence-corrected chi connectivity index (χ3v) is 3.97. The summed E-state index contributed by atoms with van der Waals surface area (Å²) in [4.78, 5) is 21.8. The van der Waals surface area contributed by atoms with Crippen molar-refractivity contribution in [3.8, 4) is 0 Å². The molecule has 0 radical (unpaired) electrons. The van der Waals surface area contributed by atoms with Crippen LogP contribution in [0.25, 0.3) is 6.08 Å². The smallest absolute Gasteiger partial charge is 0.328 e. The Morgan fingerprint density at radius 1 is 1.23 bits per heavy atom. The van der Waals surface area contributed by atoms with Gasteiger partial charge in [-0.3, -0.25) is 10.1 Å². The standard InChI is InChI=1S/C16H13NO4S/c18-16(19)9-7-12-6-8-15(14(10-12)17(20)21)22-11-13-4-2-1-3-5-13/h1-10H,11H2,(H,18,19)/b9-7+. The number of thioether (sulfide) groups is 1. The predicted molar refractivity (Wildman–Crippen MR) is 85.8 cm³/mol. The van der Waals surface area contributed by atoms with Crippen molar-refractivity contribution in [1.29, 1.82) is 0 Å². The van der Waals surface area contributed by atoms with Crippen LogP contribution in [0, 0.1) is 10.1 Å². The van der Waals surface area contributed by atoms with E-state index in [-0.39, 0.29) is 5.69 Å². The van der Waals surface area contributed by atoms with E-state index in [1.54, 1.807) is 12.1 Å². The van der Waals surface area contributed by atoms with Gasteiger partial charge < -0.3 is 5.11 Å². The van der Waals surface area contributed by atoms with Crippen LogP contribution in [0.15, 0.2) is 59.5 Å². The van der Waals surface area contributed by atoms with Crippen molar-refractivity contribution >= 4 is 29.5 Å². The number of rotatable bonds is 6. The summed E-state index contributed by atoms with van der Waals surface area (Å²) in [6.07, 6.45) is 2.29. The summed E-state index contributed by atoms with van der Waals surface area (Å²) in [6.45, 7) is 0. The number of nitrogens with zero attached hydrogens (tertiary/aromatic N) is 1. The fourth-order valence-corrected chi connectivity index (χ4v) is 2.77. The van der Waals surface area contributed by atoms with Crippen molar-refractivity contribution in [1.82, 2.24) is 0 Å². The Kier molecular flexibility index (Phi) is 5.32. The first kappa shape index (κ1) is 15.8. The summed E-state index contributed by atoms with van der Waals surface area (Å²) in [7, 11) is 0. The molecule has 0 aliphatic carbocycles. The van der Waals surface area contributed by atoms with E-state index in [4.69, 9.17) is 5.11 Å². The highest BCUT2D eigenvalue weighted by Gasteiger charge is 2.14. The van der Waals surface area contributed by atoms with Crippen LogP contribution in [-0.4, -0.2) is 16.0 Å². The third-order valence-electron chi connectivity index (χ3n) is 2.84. The number of hydrogen-bond donors (Lipinski definition) is 1. The van der Waals surface area contributed by atoms with Gasteiger partial charge in [0.15, 0.2) is 0 Å². The molecule has 0 heterocycles. The Morgan fingerprint density at radius 3 is 2.59 bits per heavy atom. The Hall–Kier alpha value is -2.60. The van der Waals surface area contributed by atoms with Crippen LogP contribution in [0.2, 0.25) is 0 Å². The number of nitro groups is 1. The SMILES string of the molecule is O=C(O)/C=C/c1ccc(SCc2ccccc2)c([N+](=O)[O-])c1. The van der Waals surface area contributed by atoms with Crippen molar-refractivity contribution < 1.29 is 14.8 Å². The van der Waals surface area contributed by atoms with E-state index in [9.17, 15) is 14.9 Å². The Labute approximate surface area is 131 Å². The number of aliphatic carboxylic acids is 1. The first-order chi connectivity index (χ1) is 10.6. The molecular formula is C16H13NO4S. The lowest BCUT2D eigenvalue weighted by Crippen LogP contribution is -1.93. The highest BCUT2D eigenvalue weighted by Crippen LogP contribution is 2.32. The molecule has 5 nitrogen and oxygen atoms in total. The molecule has 2 rings (SSSR count). The van der Waals surface area contributed by atoms with Gasteiger partial charge in [-0.05, 0) is 23.3 Å². The molecule has 2 aromatic carbocycles. The van der Waals surface area contributed by atoms with Gasteiger partial charge in [-0.2, -0.15) is 0 Å². The number of carboxylic acids is 1. The zero-order valence-corrected chi connectivity index (χ0v) is 12.3. The molecule has 0 aromatic heterocycles. The zero-order chi connectivity index (χ0) is 15.9. The van der Waals surface area contributed by atoms with Crippen molar-refractivity contribution in [2.75, 3.05) is 0 Å². The van der Waals surface area contributed by atoms with Crippen molar-refractivity contribution in [3.05, 3.63) is 75.8 Å². The van der Waals surface area contributed by atoms with Gasteiger partial charge >= 0.3 is 5.97 Å². The van der Waals surface area contributed by atoms with E-state index in [1.807, 2.05) is 30.3 Å². The third kappa shape index (κ3) is 4.46. The van der Waals surface area contributed by atoms with Gasteiger partial charge in [-0.15, -0.1) is 11.8 Å². The molecule has 0 aliphatic rings. The minimum Gasteiger partial charge on any atom is -0.478 e. The minimum absolute atomic E-state index is 0.0199. The van der Waals surface area contributed by atoms with Crippen molar-refractivity contribution in [2.45, 2.75) is 10.6 Å². The first-order valence-electron chi connectivity index (χ1n) is 6.42. The summed E-state index contributed by atoms with van der Waals surface area (Å²) in [6, 6.07) is 14.4. The molecule has 0 bridgehead atoms. The highest BCUT2D eigenvalue weighted by atomic mass is 32.2. The molecule has 22 heavy (non-hydrogen) atoms. The van der Waals surface area contributed by atoms with Crippen LogP contribution in [0.5, 0.6) is 0 Å². The van der Waals surface area contributed by atoms with Crippen molar-refractivity contribution in [3.63, 3.8) is 0 Å². The van der Waals surface area contributed by atoms with E-state index in [0.29, 0.717) is 16.2 Å². The van der Waals surface area contributed by atoms with Gasteiger partial charge in [0.05, 0.1) is 9.82 Å². The van der Waals surface area contributed by atoms with Gasteiger partial charge in [0.1, 0.15) is 0 Å². The second kappa shape index (κ2) is 7.42. The molecule has 0 unspecified atom stereocenters. The number of carboxylic acid groups (broad SMARTS) is 1. The minimum atomic E-state index is -1.09. The van der Waals surface area contributed by atoms with Gasteiger partial charge in [0, 0.05) is 17.9 Å². The van der Waals surface area contributed by atoms with Crippen LogP contribution >= 0.6 is 11.8 Å². The molecular weight excluding hydrogens is 302 g/mol. The van der Waals surface area contributed by atoms with E-state index in [0.717, 1.165) is 11.6 Å². The van der Waals surface area contributed by atoms with Gasteiger partial charge in [-0.1, -0.05) is 36.4 Å². The molecule has 6 heteroatoms. The second-order valence-corrected chi connectivity index (χ2v) is 5.45. The number of carbonyl (C=O) groups is 1. The normalized spacial score (nSPS) is 10.7. The Morgan fingerprint density at radius 2 is 1.95 bits per heavy atom. The molecule has 0 atom stereocenters. The van der Waals surface area contributed by atoms with E-state index in [1.165, 1.54) is 23.9 Å². The van der Waals surface area contributed by atoms with Crippen LogP contribution in [0.3, 0.4) is 0 Å². The predicted octanol–water partition coefficient (Wildman–Crippen LogP) is 3.98. The van der Waals surface area contributed by atoms with Crippen molar-refractivity contribution in [2.24, 2.45) is 0 Å². The quantitative estimate of drug-likeness (QED) is 0.377. The maximum atomic E-state index is 11.2. The summed E-state index contributed by atoms with van der Waals surface area (Å²) in [5.41, 5.74) is 1.54. The van der Waals surface area contributed by atoms with E-state index < -0.39 is 10.9 Å². The Bertz CT molecular complexity index is 713. The van der Waals surface area contributed by atoms with E-state index in [2.05, 4.69) is 0 Å². The molecule has 0 fully saturated rings. The lowest BCUT2D eigenvalue weighted by molar-refractivity contribution is -0.387. The molecule has 1 N–H and O–H groups in total. The Balaban J connectivity index is 2.20.